The standard InChI is InChI=1S/C15H15BrN2O3/c1-18-5-4-10(8-18)11-3-2-9(6-12(11)16)14-7-13(15(19)20)17-21-14/h2-3,6-7,10H,4-5,8H2,1H3,(H,19,20). The summed E-state index contributed by atoms with van der Waals surface area (Å²) in [4.78, 5) is 13.2. The average Bonchev–Trinajstić information content (AvgIpc) is 3.07. The Bertz CT molecular complexity index is 683. The molecular formula is C15H15BrN2O3. The topological polar surface area (TPSA) is 66.6 Å². The van der Waals surface area contributed by atoms with Gasteiger partial charge in [0.15, 0.2) is 11.5 Å². The van der Waals surface area contributed by atoms with Crippen molar-refractivity contribution in [3.8, 4) is 11.3 Å². The van der Waals surface area contributed by atoms with Crippen LogP contribution in [0.4, 0.5) is 0 Å². The molecule has 2 heterocycles. The SMILES string of the molecule is CN1CCC(c2ccc(-c3cc(C(=O)O)no3)cc2Br)C1. The van der Waals surface area contributed by atoms with Gasteiger partial charge in [0.25, 0.3) is 0 Å². The number of aromatic nitrogens is 1. The summed E-state index contributed by atoms with van der Waals surface area (Å²) < 4.78 is 6.11. The lowest BCUT2D eigenvalue weighted by Gasteiger charge is -2.13. The zero-order valence-electron chi connectivity index (χ0n) is 11.5. The molecule has 0 aliphatic carbocycles. The van der Waals surface area contributed by atoms with Crippen LogP contribution in [0.1, 0.15) is 28.4 Å². The number of hydrogen-bond donors (Lipinski definition) is 1. The van der Waals surface area contributed by atoms with Crippen molar-refractivity contribution in [2.45, 2.75) is 12.3 Å². The zero-order chi connectivity index (χ0) is 15.0. The number of benzene rings is 1. The van der Waals surface area contributed by atoms with Crippen molar-refractivity contribution in [2.24, 2.45) is 0 Å². The number of carboxylic acids is 1. The molecule has 0 spiro atoms. The van der Waals surface area contributed by atoms with Crippen LogP contribution in [0.2, 0.25) is 0 Å². The molecule has 1 saturated heterocycles. The minimum absolute atomic E-state index is 0.0809. The lowest BCUT2D eigenvalue weighted by Crippen LogP contribution is -2.13. The largest absolute Gasteiger partial charge is 0.476 e. The first-order valence-electron chi connectivity index (χ1n) is 6.73. The molecule has 5 nitrogen and oxygen atoms in total. The van der Waals surface area contributed by atoms with E-state index in [4.69, 9.17) is 9.63 Å². The Labute approximate surface area is 130 Å². The Balaban J connectivity index is 1.88. The molecule has 1 aromatic carbocycles. The predicted octanol–water partition coefficient (Wildman–Crippen LogP) is 3.22. The quantitative estimate of drug-likeness (QED) is 0.920. The summed E-state index contributed by atoms with van der Waals surface area (Å²) in [5.74, 6) is -0.0967. The van der Waals surface area contributed by atoms with Gasteiger partial charge in [0.05, 0.1) is 0 Å². The molecule has 2 aromatic rings. The number of rotatable bonds is 3. The molecule has 1 N–H and O–H groups in total. The van der Waals surface area contributed by atoms with Crippen LogP contribution in [0.5, 0.6) is 0 Å². The van der Waals surface area contributed by atoms with Crippen molar-refractivity contribution in [2.75, 3.05) is 20.1 Å². The Morgan fingerprint density at radius 3 is 2.86 bits per heavy atom. The minimum atomic E-state index is -1.09. The van der Waals surface area contributed by atoms with E-state index in [2.05, 4.69) is 39.1 Å². The van der Waals surface area contributed by atoms with Gasteiger partial charge in [0.1, 0.15) is 0 Å². The van der Waals surface area contributed by atoms with Gasteiger partial charge >= 0.3 is 5.97 Å². The number of nitrogens with zero attached hydrogens (tertiary/aromatic N) is 2. The summed E-state index contributed by atoms with van der Waals surface area (Å²) in [5.41, 5.74) is 2.01. The fourth-order valence-electron chi connectivity index (χ4n) is 2.71. The zero-order valence-corrected chi connectivity index (χ0v) is 13.1. The number of carbonyl (C=O) groups is 1. The van der Waals surface area contributed by atoms with E-state index in [-0.39, 0.29) is 5.69 Å². The third-order valence-electron chi connectivity index (χ3n) is 3.85. The molecule has 1 aliphatic rings. The highest BCUT2D eigenvalue weighted by atomic mass is 79.9. The van der Waals surface area contributed by atoms with Crippen molar-refractivity contribution in [1.29, 1.82) is 0 Å². The molecule has 1 aliphatic heterocycles. The first kappa shape index (κ1) is 14.3. The van der Waals surface area contributed by atoms with E-state index >= 15 is 0 Å². The van der Waals surface area contributed by atoms with Crippen molar-refractivity contribution >= 4 is 21.9 Å². The number of likely N-dealkylation sites (N-methyl/N-ethyl adjacent to an activating group) is 1. The third kappa shape index (κ3) is 2.87. The first-order chi connectivity index (χ1) is 10.0. The summed E-state index contributed by atoms with van der Waals surface area (Å²) in [6.07, 6.45) is 1.15. The molecule has 1 aromatic heterocycles. The van der Waals surface area contributed by atoms with Crippen LogP contribution < -0.4 is 0 Å². The smallest absolute Gasteiger partial charge is 0.358 e. The van der Waals surface area contributed by atoms with E-state index in [9.17, 15) is 4.79 Å². The van der Waals surface area contributed by atoms with Gasteiger partial charge in [-0.15, -0.1) is 0 Å². The van der Waals surface area contributed by atoms with Gasteiger partial charge in [-0.25, -0.2) is 4.79 Å². The number of carboxylic acid groups (broad SMARTS) is 1. The highest BCUT2D eigenvalue weighted by Crippen LogP contribution is 2.34. The van der Waals surface area contributed by atoms with Crippen LogP contribution >= 0.6 is 15.9 Å². The van der Waals surface area contributed by atoms with Gasteiger partial charge in [-0.2, -0.15) is 0 Å². The molecule has 6 heteroatoms. The molecular weight excluding hydrogens is 336 g/mol. The Morgan fingerprint density at radius 2 is 2.29 bits per heavy atom. The monoisotopic (exact) mass is 350 g/mol. The van der Waals surface area contributed by atoms with E-state index in [0.717, 1.165) is 29.5 Å². The maximum absolute atomic E-state index is 10.8. The van der Waals surface area contributed by atoms with Crippen molar-refractivity contribution in [3.05, 3.63) is 40.0 Å². The highest BCUT2D eigenvalue weighted by molar-refractivity contribution is 9.10. The van der Waals surface area contributed by atoms with Gasteiger partial charge in [0.2, 0.25) is 0 Å². The summed E-state index contributed by atoms with van der Waals surface area (Å²) in [6, 6.07) is 7.42. The Kier molecular flexibility index (Phi) is 3.82. The van der Waals surface area contributed by atoms with Gasteiger partial charge in [0, 0.05) is 22.6 Å². The lowest BCUT2D eigenvalue weighted by atomic mass is 9.97. The molecule has 21 heavy (non-hydrogen) atoms. The minimum Gasteiger partial charge on any atom is -0.476 e. The molecule has 110 valence electrons. The van der Waals surface area contributed by atoms with Gasteiger partial charge < -0.3 is 14.5 Å². The lowest BCUT2D eigenvalue weighted by molar-refractivity contribution is 0.0686. The molecule has 1 unspecified atom stereocenters. The first-order valence-corrected chi connectivity index (χ1v) is 7.52. The normalized spacial score (nSPS) is 19.0. The average molecular weight is 351 g/mol. The number of likely N-dealkylation sites (tertiary alicyclic amines) is 1. The van der Waals surface area contributed by atoms with Gasteiger partial charge in [-0.05, 0) is 37.6 Å². The van der Waals surface area contributed by atoms with Crippen LogP contribution in [0, 0.1) is 0 Å². The summed E-state index contributed by atoms with van der Waals surface area (Å²) in [5, 5.41) is 12.4. The molecule has 0 saturated carbocycles. The molecule has 0 amide bonds. The van der Waals surface area contributed by atoms with E-state index in [0.29, 0.717) is 11.7 Å². The second-order valence-electron chi connectivity index (χ2n) is 5.37. The van der Waals surface area contributed by atoms with Gasteiger partial charge in [-0.1, -0.05) is 33.2 Å². The van der Waals surface area contributed by atoms with E-state index < -0.39 is 5.97 Å². The maximum Gasteiger partial charge on any atom is 0.358 e. The fraction of sp³-hybridized carbons (Fsp3) is 0.333. The second kappa shape index (κ2) is 5.61. The van der Waals surface area contributed by atoms with Crippen LogP contribution in [0.25, 0.3) is 11.3 Å². The molecule has 1 atom stereocenters. The summed E-state index contributed by atoms with van der Waals surface area (Å²) in [6.45, 7) is 2.17. The summed E-state index contributed by atoms with van der Waals surface area (Å²) >= 11 is 3.61. The number of hydrogen-bond acceptors (Lipinski definition) is 4. The number of aromatic carboxylic acids is 1. The van der Waals surface area contributed by atoms with Gasteiger partial charge in [-0.3, -0.25) is 0 Å². The number of halogens is 1. The predicted molar refractivity (Wildman–Crippen MR) is 81.5 cm³/mol. The van der Waals surface area contributed by atoms with Crippen LogP contribution in [0.15, 0.2) is 33.3 Å². The Morgan fingerprint density at radius 1 is 1.48 bits per heavy atom. The second-order valence-corrected chi connectivity index (χ2v) is 6.22. The van der Waals surface area contributed by atoms with Crippen LogP contribution in [0.3, 0.4) is 0 Å². The highest BCUT2D eigenvalue weighted by Gasteiger charge is 2.23. The molecule has 0 bridgehead atoms. The summed E-state index contributed by atoms with van der Waals surface area (Å²) in [7, 11) is 2.13. The molecule has 1 fully saturated rings. The van der Waals surface area contributed by atoms with E-state index in [1.54, 1.807) is 0 Å². The van der Waals surface area contributed by atoms with Crippen LogP contribution in [-0.2, 0) is 0 Å². The van der Waals surface area contributed by atoms with E-state index in [1.165, 1.54) is 11.6 Å². The third-order valence-corrected chi connectivity index (χ3v) is 4.53. The van der Waals surface area contributed by atoms with Crippen molar-refractivity contribution in [1.82, 2.24) is 10.1 Å². The van der Waals surface area contributed by atoms with Crippen molar-refractivity contribution in [3.63, 3.8) is 0 Å². The van der Waals surface area contributed by atoms with E-state index in [1.807, 2.05) is 12.1 Å². The fourth-order valence-corrected chi connectivity index (χ4v) is 3.41. The Hall–Kier alpha value is -1.66. The molecule has 0 radical (unpaired) electrons. The maximum atomic E-state index is 10.8. The molecule has 3 rings (SSSR count). The van der Waals surface area contributed by atoms with Crippen molar-refractivity contribution < 1.29 is 14.4 Å². The van der Waals surface area contributed by atoms with Crippen LogP contribution in [-0.4, -0.2) is 41.3 Å².